The van der Waals surface area contributed by atoms with E-state index in [0.717, 1.165) is 17.9 Å². The van der Waals surface area contributed by atoms with Crippen molar-refractivity contribution in [3.05, 3.63) is 34.3 Å². The molecule has 0 aliphatic carbocycles. The molecule has 114 valence electrons. The second-order valence-electron chi connectivity index (χ2n) is 7.31. The quantitative estimate of drug-likeness (QED) is 0.525. The number of hydrogen-bond donors (Lipinski definition) is 0. The maximum absolute atomic E-state index is 6.51. The Bertz CT molecular complexity index is 427. The standard InChI is InChI=1S/C19H31Cl/c1-7-18(4,5)14-16-11-10-15(12-17(16)20)13-19(6,8-2)9-3/h10-12H,7-9,13-14H2,1-6H3. The van der Waals surface area contributed by atoms with Gasteiger partial charge in [0.05, 0.1) is 0 Å². The van der Waals surface area contributed by atoms with Gasteiger partial charge in [-0.2, -0.15) is 0 Å². The van der Waals surface area contributed by atoms with E-state index >= 15 is 0 Å². The minimum absolute atomic E-state index is 0.326. The first-order valence-electron chi connectivity index (χ1n) is 8.02. The van der Waals surface area contributed by atoms with Gasteiger partial charge < -0.3 is 0 Å². The molecule has 0 saturated carbocycles. The van der Waals surface area contributed by atoms with Crippen molar-refractivity contribution in [1.29, 1.82) is 0 Å². The molecule has 0 saturated heterocycles. The molecule has 0 aliphatic rings. The van der Waals surface area contributed by atoms with E-state index in [1.54, 1.807) is 0 Å². The molecule has 1 aromatic carbocycles. The molecule has 0 bridgehead atoms. The van der Waals surface area contributed by atoms with Crippen molar-refractivity contribution in [1.82, 2.24) is 0 Å². The van der Waals surface area contributed by atoms with Crippen molar-refractivity contribution in [2.75, 3.05) is 0 Å². The fourth-order valence-corrected chi connectivity index (χ4v) is 2.75. The van der Waals surface area contributed by atoms with E-state index in [-0.39, 0.29) is 0 Å². The third-order valence-electron chi connectivity index (χ3n) is 5.08. The molecule has 0 fully saturated rings. The van der Waals surface area contributed by atoms with Crippen LogP contribution in [0, 0.1) is 10.8 Å². The van der Waals surface area contributed by atoms with Gasteiger partial charge in [0.15, 0.2) is 0 Å². The summed E-state index contributed by atoms with van der Waals surface area (Å²) in [6.07, 6.45) is 5.78. The average molecular weight is 295 g/mol. The lowest BCUT2D eigenvalue weighted by Crippen LogP contribution is -2.17. The topological polar surface area (TPSA) is 0 Å². The Hall–Kier alpha value is -0.490. The highest BCUT2D eigenvalue weighted by molar-refractivity contribution is 6.31. The number of benzene rings is 1. The summed E-state index contributed by atoms with van der Waals surface area (Å²) in [6.45, 7) is 13.8. The molecule has 0 aromatic heterocycles. The lowest BCUT2D eigenvalue weighted by Gasteiger charge is -2.27. The highest BCUT2D eigenvalue weighted by Crippen LogP contribution is 2.33. The van der Waals surface area contributed by atoms with Crippen molar-refractivity contribution in [3.63, 3.8) is 0 Å². The van der Waals surface area contributed by atoms with Gasteiger partial charge in [0.1, 0.15) is 0 Å². The highest BCUT2D eigenvalue weighted by Gasteiger charge is 2.21. The van der Waals surface area contributed by atoms with Gasteiger partial charge in [-0.15, -0.1) is 0 Å². The van der Waals surface area contributed by atoms with Crippen molar-refractivity contribution < 1.29 is 0 Å². The predicted molar refractivity (Wildman–Crippen MR) is 91.6 cm³/mol. The molecule has 0 unspecified atom stereocenters. The van der Waals surface area contributed by atoms with Crippen molar-refractivity contribution in [3.8, 4) is 0 Å². The Morgan fingerprint density at radius 1 is 0.900 bits per heavy atom. The Morgan fingerprint density at radius 3 is 1.95 bits per heavy atom. The fraction of sp³-hybridized carbons (Fsp3) is 0.684. The first-order chi connectivity index (χ1) is 9.25. The first kappa shape index (κ1) is 17.6. The van der Waals surface area contributed by atoms with Gasteiger partial charge in [-0.25, -0.2) is 0 Å². The summed E-state index contributed by atoms with van der Waals surface area (Å²) in [5.41, 5.74) is 3.39. The van der Waals surface area contributed by atoms with Crippen molar-refractivity contribution >= 4 is 11.6 Å². The summed E-state index contributed by atoms with van der Waals surface area (Å²) >= 11 is 6.51. The second-order valence-corrected chi connectivity index (χ2v) is 7.72. The third-order valence-corrected chi connectivity index (χ3v) is 5.43. The third kappa shape index (κ3) is 4.81. The predicted octanol–water partition coefficient (Wildman–Crippen LogP) is 6.69. The molecule has 0 radical (unpaired) electrons. The zero-order valence-corrected chi connectivity index (χ0v) is 14.9. The van der Waals surface area contributed by atoms with E-state index in [9.17, 15) is 0 Å². The van der Waals surface area contributed by atoms with Crippen LogP contribution in [0.4, 0.5) is 0 Å². The van der Waals surface area contributed by atoms with Crippen LogP contribution in [0.15, 0.2) is 18.2 Å². The zero-order valence-electron chi connectivity index (χ0n) is 14.1. The van der Waals surface area contributed by atoms with E-state index in [1.165, 1.54) is 30.4 Å². The van der Waals surface area contributed by atoms with Gasteiger partial charge in [-0.1, -0.05) is 84.5 Å². The van der Waals surface area contributed by atoms with Crippen LogP contribution in [0.2, 0.25) is 5.02 Å². The largest absolute Gasteiger partial charge is 0.0840 e. The second kappa shape index (κ2) is 6.98. The van der Waals surface area contributed by atoms with Crippen LogP contribution in [0.5, 0.6) is 0 Å². The minimum Gasteiger partial charge on any atom is -0.0840 e. The van der Waals surface area contributed by atoms with Gasteiger partial charge >= 0.3 is 0 Å². The SMILES string of the molecule is CCC(C)(C)Cc1ccc(CC(C)(CC)CC)cc1Cl. The van der Waals surface area contributed by atoms with Crippen LogP contribution in [0.3, 0.4) is 0 Å². The molecule has 0 heterocycles. The Balaban J connectivity index is 2.88. The van der Waals surface area contributed by atoms with Crippen LogP contribution >= 0.6 is 11.6 Å². The summed E-state index contributed by atoms with van der Waals surface area (Å²) in [5.74, 6) is 0. The van der Waals surface area contributed by atoms with Crippen LogP contribution < -0.4 is 0 Å². The number of halogens is 1. The van der Waals surface area contributed by atoms with Gasteiger partial charge in [-0.05, 0) is 40.9 Å². The van der Waals surface area contributed by atoms with Gasteiger partial charge in [0, 0.05) is 5.02 Å². The number of hydrogen-bond acceptors (Lipinski definition) is 0. The van der Waals surface area contributed by atoms with Crippen LogP contribution in [0.25, 0.3) is 0 Å². The molecule has 1 aromatic rings. The first-order valence-corrected chi connectivity index (χ1v) is 8.40. The maximum atomic E-state index is 6.51. The summed E-state index contributed by atoms with van der Waals surface area (Å²) < 4.78 is 0. The fourth-order valence-electron chi connectivity index (χ4n) is 2.48. The summed E-state index contributed by atoms with van der Waals surface area (Å²) in [7, 11) is 0. The van der Waals surface area contributed by atoms with E-state index < -0.39 is 0 Å². The maximum Gasteiger partial charge on any atom is 0.0440 e. The summed E-state index contributed by atoms with van der Waals surface area (Å²) in [5, 5.41) is 0.943. The molecule has 0 nitrogen and oxygen atoms in total. The lowest BCUT2D eigenvalue weighted by molar-refractivity contribution is 0.296. The van der Waals surface area contributed by atoms with Crippen molar-refractivity contribution in [2.24, 2.45) is 10.8 Å². The molecule has 1 heteroatoms. The highest BCUT2D eigenvalue weighted by atomic mass is 35.5. The Morgan fingerprint density at radius 2 is 1.50 bits per heavy atom. The molecule has 0 N–H and O–H groups in total. The molecule has 0 aliphatic heterocycles. The van der Waals surface area contributed by atoms with E-state index in [1.807, 2.05) is 0 Å². The lowest BCUT2D eigenvalue weighted by atomic mass is 9.78. The molecule has 20 heavy (non-hydrogen) atoms. The average Bonchev–Trinajstić information content (AvgIpc) is 2.41. The smallest absolute Gasteiger partial charge is 0.0440 e. The zero-order chi connectivity index (χ0) is 15.4. The number of rotatable bonds is 7. The van der Waals surface area contributed by atoms with Crippen molar-refractivity contribution in [2.45, 2.75) is 73.6 Å². The Kier molecular flexibility index (Phi) is 6.13. The van der Waals surface area contributed by atoms with E-state index in [4.69, 9.17) is 11.6 Å². The summed E-state index contributed by atoms with van der Waals surface area (Å²) in [6, 6.07) is 6.70. The van der Waals surface area contributed by atoms with E-state index in [0.29, 0.717) is 10.8 Å². The molecular weight excluding hydrogens is 264 g/mol. The molecular formula is C19H31Cl. The molecule has 0 spiro atoms. The Labute approximate surface area is 130 Å². The normalized spacial score (nSPS) is 12.8. The molecule has 1 rings (SSSR count). The van der Waals surface area contributed by atoms with Crippen LogP contribution in [-0.4, -0.2) is 0 Å². The summed E-state index contributed by atoms with van der Waals surface area (Å²) in [4.78, 5) is 0. The van der Waals surface area contributed by atoms with E-state index in [2.05, 4.69) is 59.7 Å². The molecule has 0 atom stereocenters. The van der Waals surface area contributed by atoms with Gasteiger partial charge in [0.25, 0.3) is 0 Å². The van der Waals surface area contributed by atoms with Crippen LogP contribution in [0.1, 0.15) is 71.9 Å². The monoisotopic (exact) mass is 294 g/mol. The minimum atomic E-state index is 0.326. The van der Waals surface area contributed by atoms with Gasteiger partial charge in [0.2, 0.25) is 0 Å². The van der Waals surface area contributed by atoms with Crippen LogP contribution in [-0.2, 0) is 12.8 Å². The molecule has 0 amide bonds. The van der Waals surface area contributed by atoms with Gasteiger partial charge in [-0.3, -0.25) is 0 Å².